The zero-order valence-electron chi connectivity index (χ0n) is 14.5. The largest absolute Gasteiger partial charge is 0.478 e. The summed E-state index contributed by atoms with van der Waals surface area (Å²) in [5, 5.41) is 10.8. The second-order valence-electron chi connectivity index (χ2n) is 6.44. The van der Waals surface area contributed by atoms with Gasteiger partial charge in [-0.3, -0.25) is 0 Å². The van der Waals surface area contributed by atoms with Gasteiger partial charge in [-0.15, -0.1) is 0 Å². The molecule has 6 nitrogen and oxygen atoms in total. The molecule has 0 radical (unpaired) electrons. The van der Waals surface area contributed by atoms with Gasteiger partial charge in [0.25, 0.3) is 0 Å². The average Bonchev–Trinajstić information content (AvgIpc) is 3.26. The molecule has 7 heteroatoms. The predicted octanol–water partition coefficient (Wildman–Crippen LogP) is 4.20. The van der Waals surface area contributed by atoms with E-state index in [1.165, 1.54) is 0 Å². The molecule has 0 spiro atoms. The number of benzene rings is 2. The van der Waals surface area contributed by atoms with Crippen molar-refractivity contribution < 1.29 is 19.4 Å². The Hall–Kier alpha value is -2.70. The number of aryl methyl sites for hydroxylation is 1. The Balaban J connectivity index is 1.93. The van der Waals surface area contributed by atoms with Crippen molar-refractivity contribution in [2.24, 2.45) is 5.73 Å². The van der Waals surface area contributed by atoms with E-state index in [4.69, 9.17) is 26.8 Å². The number of hydrogen-bond donors (Lipinski definition) is 3. The quantitative estimate of drug-likeness (QED) is 0.551. The second kappa shape index (κ2) is 7.13. The molecular formula is C20H19ClN2O4. The molecule has 1 aliphatic rings. The van der Waals surface area contributed by atoms with E-state index in [0.29, 0.717) is 40.4 Å². The number of nitrogens with two attached hydrogens (primary N) is 1. The molecule has 1 aromatic heterocycles. The van der Waals surface area contributed by atoms with Crippen LogP contribution < -0.4 is 15.2 Å². The normalized spacial score (nSPS) is 12.7. The Labute approximate surface area is 160 Å². The van der Waals surface area contributed by atoms with Crippen LogP contribution in [-0.2, 0) is 6.42 Å². The van der Waals surface area contributed by atoms with Crippen molar-refractivity contribution >= 4 is 28.5 Å². The summed E-state index contributed by atoms with van der Waals surface area (Å²) < 4.78 is 10.9. The number of aromatic nitrogens is 1. The molecule has 0 atom stereocenters. The minimum atomic E-state index is -0.979. The molecule has 4 N–H and O–H groups in total. The number of aromatic amines is 1. The maximum Gasteiger partial charge on any atom is 0.336 e. The molecule has 2 aromatic carbocycles. The van der Waals surface area contributed by atoms with E-state index in [2.05, 4.69) is 4.98 Å². The van der Waals surface area contributed by atoms with Crippen molar-refractivity contribution in [3.8, 4) is 22.8 Å². The Morgan fingerprint density at radius 1 is 1.19 bits per heavy atom. The third-order valence-corrected chi connectivity index (χ3v) is 5.10. The molecule has 0 fully saturated rings. The monoisotopic (exact) mass is 386 g/mol. The topological polar surface area (TPSA) is 97.6 Å². The molecule has 0 aliphatic carbocycles. The number of fused-ring (bicyclic) bond motifs is 2. The zero-order valence-corrected chi connectivity index (χ0v) is 15.3. The second-order valence-corrected chi connectivity index (χ2v) is 6.85. The highest BCUT2D eigenvalue weighted by molar-refractivity contribution is 6.36. The first-order chi connectivity index (χ1) is 13.1. The standard InChI is InChI=1S/C20H19ClN2O4/c21-14-6-5-13(20(24)25)17-12(3-1-2-8-22)18(23-19(14)17)11-4-7-15-16(9-11)27-10-26-15/h4-7,9,23H,1-3,8,10,22H2,(H,24,25). The minimum Gasteiger partial charge on any atom is -0.478 e. The Morgan fingerprint density at radius 3 is 2.78 bits per heavy atom. The average molecular weight is 387 g/mol. The summed E-state index contributed by atoms with van der Waals surface area (Å²) in [5.41, 5.74) is 9.17. The van der Waals surface area contributed by atoms with Gasteiger partial charge in [0.1, 0.15) is 0 Å². The lowest BCUT2D eigenvalue weighted by Crippen LogP contribution is -2.01. The van der Waals surface area contributed by atoms with Crippen LogP contribution in [0.15, 0.2) is 30.3 Å². The molecular weight excluding hydrogens is 368 g/mol. The summed E-state index contributed by atoms with van der Waals surface area (Å²) in [6.45, 7) is 0.790. The molecule has 1 aliphatic heterocycles. The smallest absolute Gasteiger partial charge is 0.336 e. The number of H-pyrrole nitrogens is 1. The van der Waals surface area contributed by atoms with E-state index in [1.54, 1.807) is 12.1 Å². The number of ether oxygens (including phenoxy) is 2. The highest BCUT2D eigenvalue weighted by Crippen LogP contribution is 2.40. The number of carbonyl (C=O) groups is 1. The van der Waals surface area contributed by atoms with Gasteiger partial charge >= 0.3 is 5.97 Å². The maximum absolute atomic E-state index is 11.8. The fourth-order valence-electron chi connectivity index (χ4n) is 3.51. The Morgan fingerprint density at radius 2 is 2.00 bits per heavy atom. The van der Waals surface area contributed by atoms with Crippen molar-refractivity contribution in [3.63, 3.8) is 0 Å². The molecule has 140 valence electrons. The van der Waals surface area contributed by atoms with Gasteiger partial charge < -0.3 is 25.3 Å². The number of aromatic carboxylic acids is 1. The lowest BCUT2D eigenvalue weighted by Gasteiger charge is -2.07. The Kier molecular flexibility index (Phi) is 4.68. The van der Waals surface area contributed by atoms with Gasteiger partial charge in [-0.25, -0.2) is 4.79 Å². The van der Waals surface area contributed by atoms with Crippen LogP contribution in [0.1, 0.15) is 28.8 Å². The van der Waals surface area contributed by atoms with Gasteiger partial charge in [-0.2, -0.15) is 0 Å². The summed E-state index contributed by atoms with van der Waals surface area (Å²) in [4.78, 5) is 15.1. The van der Waals surface area contributed by atoms with Crippen LogP contribution in [0.3, 0.4) is 0 Å². The van der Waals surface area contributed by atoms with E-state index >= 15 is 0 Å². The van der Waals surface area contributed by atoms with E-state index in [1.807, 2.05) is 18.2 Å². The lowest BCUT2D eigenvalue weighted by atomic mass is 9.97. The molecule has 3 aromatic rings. The third kappa shape index (κ3) is 3.11. The van der Waals surface area contributed by atoms with Crippen molar-refractivity contribution in [1.82, 2.24) is 4.98 Å². The number of hydrogen-bond acceptors (Lipinski definition) is 4. The Bertz CT molecular complexity index is 1030. The number of halogens is 1. The fraction of sp³-hybridized carbons (Fsp3) is 0.250. The summed E-state index contributed by atoms with van der Waals surface area (Å²) in [6, 6.07) is 8.84. The van der Waals surface area contributed by atoms with E-state index in [0.717, 1.165) is 29.7 Å². The molecule has 0 bridgehead atoms. The molecule has 0 saturated heterocycles. The number of unbranched alkanes of at least 4 members (excludes halogenated alkanes) is 1. The van der Waals surface area contributed by atoms with Gasteiger partial charge in [-0.05, 0) is 61.7 Å². The summed E-state index contributed by atoms with van der Waals surface area (Å²) in [5.74, 6) is 0.389. The number of carboxylic acids is 1. The molecule has 4 rings (SSSR count). The molecule has 2 heterocycles. The lowest BCUT2D eigenvalue weighted by molar-refractivity contribution is 0.0699. The van der Waals surface area contributed by atoms with E-state index < -0.39 is 5.97 Å². The van der Waals surface area contributed by atoms with Crippen LogP contribution in [-0.4, -0.2) is 29.4 Å². The molecule has 0 saturated carbocycles. The van der Waals surface area contributed by atoms with Gasteiger partial charge in [-0.1, -0.05) is 11.6 Å². The first-order valence-corrected chi connectivity index (χ1v) is 9.14. The van der Waals surface area contributed by atoms with E-state index in [9.17, 15) is 9.90 Å². The van der Waals surface area contributed by atoms with Crippen LogP contribution in [0.25, 0.3) is 22.2 Å². The predicted molar refractivity (Wildman–Crippen MR) is 104 cm³/mol. The summed E-state index contributed by atoms with van der Waals surface area (Å²) >= 11 is 6.37. The third-order valence-electron chi connectivity index (χ3n) is 4.78. The van der Waals surface area contributed by atoms with Crippen LogP contribution in [0.2, 0.25) is 5.02 Å². The first-order valence-electron chi connectivity index (χ1n) is 8.76. The highest BCUT2D eigenvalue weighted by atomic mass is 35.5. The maximum atomic E-state index is 11.8. The van der Waals surface area contributed by atoms with Crippen molar-refractivity contribution in [2.45, 2.75) is 19.3 Å². The van der Waals surface area contributed by atoms with Gasteiger partial charge in [0.05, 0.1) is 16.1 Å². The van der Waals surface area contributed by atoms with Crippen LogP contribution >= 0.6 is 11.6 Å². The van der Waals surface area contributed by atoms with Gasteiger partial charge in [0.15, 0.2) is 11.5 Å². The van der Waals surface area contributed by atoms with Gasteiger partial charge in [0.2, 0.25) is 6.79 Å². The van der Waals surface area contributed by atoms with Crippen LogP contribution in [0, 0.1) is 0 Å². The molecule has 0 unspecified atom stereocenters. The summed E-state index contributed by atoms with van der Waals surface area (Å²) in [7, 11) is 0. The fourth-order valence-corrected chi connectivity index (χ4v) is 3.72. The highest BCUT2D eigenvalue weighted by Gasteiger charge is 2.22. The summed E-state index contributed by atoms with van der Waals surface area (Å²) in [6.07, 6.45) is 2.41. The zero-order chi connectivity index (χ0) is 19.0. The van der Waals surface area contributed by atoms with Gasteiger partial charge in [0, 0.05) is 16.6 Å². The molecule has 0 amide bonds. The number of nitrogens with one attached hydrogen (secondary N) is 1. The number of carboxylic acid groups (broad SMARTS) is 1. The van der Waals surface area contributed by atoms with Crippen molar-refractivity contribution in [1.29, 1.82) is 0 Å². The van der Waals surface area contributed by atoms with E-state index in [-0.39, 0.29) is 12.4 Å². The first kappa shape index (κ1) is 17.7. The van der Waals surface area contributed by atoms with Crippen molar-refractivity contribution in [2.75, 3.05) is 13.3 Å². The molecule has 27 heavy (non-hydrogen) atoms. The number of rotatable bonds is 6. The van der Waals surface area contributed by atoms with Crippen molar-refractivity contribution in [3.05, 3.63) is 46.5 Å². The van der Waals surface area contributed by atoms with Crippen LogP contribution in [0.5, 0.6) is 11.5 Å². The SMILES string of the molecule is NCCCCc1c(-c2ccc3c(c2)OCO3)[nH]c2c(Cl)ccc(C(=O)O)c12. The van der Waals surface area contributed by atoms with Crippen LogP contribution in [0.4, 0.5) is 0 Å². The minimum absolute atomic E-state index is 0.198.